The van der Waals surface area contributed by atoms with Gasteiger partial charge in [-0.15, -0.1) is 0 Å². The van der Waals surface area contributed by atoms with E-state index in [1.54, 1.807) is 0 Å². The average molecular weight is 189 g/mol. The third-order valence-electron chi connectivity index (χ3n) is 1.93. The Hall–Kier alpha value is -1.41. The molecule has 0 atom stereocenters. The molecule has 0 aliphatic carbocycles. The minimum atomic E-state index is 0.473. The quantitative estimate of drug-likeness (QED) is 0.717. The predicted molar refractivity (Wildman–Crippen MR) is 58.9 cm³/mol. The number of rotatable bonds is 5. The van der Waals surface area contributed by atoms with Crippen LogP contribution in [0.1, 0.15) is 17.5 Å². The van der Waals surface area contributed by atoms with Gasteiger partial charge >= 0.3 is 0 Å². The number of carbonyl (C=O) groups is 1. The van der Waals surface area contributed by atoms with Crippen molar-refractivity contribution in [1.29, 1.82) is 0 Å². The van der Waals surface area contributed by atoms with Crippen molar-refractivity contribution in [3.63, 3.8) is 0 Å². The van der Waals surface area contributed by atoms with Crippen LogP contribution < -0.4 is 5.73 Å². The number of carbonyl (C=O) groups excluding carboxylic acids is 1. The molecule has 74 valence electrons. The van der Waals surface area contributed by atoms with Crippen molar-refractivity contribution in [2.45, 2.75) is 12.8 Å². The summed E-state index contributed by atoms with van der Waals surface area (Å²) in [5, 5.41) is 0. The Labute approximate surface area is 84.4 Å². The van der Waals surface area contributed by atoms with Gasteiger partial charge in [0.2, 0.25) is 0 Å². The summed E-state index contributed by atoms with van der Waals surface area (Å²) < 4.78 is 0. The van der Waals surface area contributed by atoms with Crippen LogP contribution >= 0.6 is 0 Å². The molecule has 0 heterocycles. The zero-order valence-electron chi connectivity index (χ0n) is 8.15. The lowest BCUT2D eigenvalue weighted by molar-refractivity contribution is -0.107. The van der Waals surface area contributed by atoms with Crippen LogP contribution in [0.3, 0.4) is 0 Å². The van der Waals surface area contributed by atoms with E-state index in [0.717, 1.165) is 18.3 Å². The Bertz CT molecular complexity index is 318. The number of benzene rings is 1. The first-order valence-corrected chi connectivity index (χ1v) is 4.76. The summed E-state index contributed by atoms with van der Waals surface area (Å²) in [4.78, 5) is 10.1. The summed E-state index contributed by atoms with van der Waals surface area (Å²) in [6, 6.07) is 8.17. The molecule has 2 heteroatoms. The Balaban J connectivity index is 2.67. The van der Waals surface area contributed by atoms with E-state index in [9.17, 15) is 4.79 Å². The zero-order valence-corrected chi connectivity index (χ0v) is 8.15. The van der Waals surface area contributed by atoms with Gasteiger partial charge in [0.05, 0.1) is 0 Å². The van der Waals surface area contributed by atoms with Gasteiger partial charge in [-0.05, 0) is 24.1 Å². The van der Waals surface area contributed by atoms with Crippen LogP contribution in [0.15, 0.2) is 30.3 Å². The van der Waals surface area contributed by atoms with Gasteiger partial charge in [0, 0.05) is 6.42 Å². The fourth-order valence-corrected chi connectivity index (χ4v) is 1.28. The molecule has 0 aliphatic heterocycles. The van der Waals surface area contributed by atoms with E-state index in [1.165, 1.54) is 5.56 Å². The molecule has 1 rings (SSSR count). The molecule has 0 spiro atoms. The van der Waals surface area contributed by atoms with Crippen molar-refractivity contribution >= 4 is 12.4 Å². The highest BCUT2D eigenvalue weighted by atomic mass is 16.1. The van der Waals surface area contributed by atoms with Crippen LogP contribution in [-0.4, -0.2) is 12.8 Å². The zero-order chi connectivity index (χ0) is 10.2. The lowest BCUT2D eigenvalue weighted by Gasteiger charge is -1.99. The van der Waals surface area contributed by atoms with Crippen molar-refractivity contribution in [2.24, 2.45) is 5.73 Å². The lowest BCUT2D eigenvalue weighted by atomic mass is 10.1. The molecule has 0 saturated carbocycles. The minimum absolute atomic E-state index is 0.473. The Morgan fingerprint density at radius 3 is 2.93 bits per heavy atom. The van der Waals surface area contributed by atoms with Gasteiger partial charge < -0.3 is 10.5 Å². The Kier molecular flexibility index (Phi) is 4.65. The van der Waals surface area contributed by atoms with E-state index in [0.29, 0.717) is 13.0 Å². The fraction of sp³-hybridized carbons (Fsp3) is 0.250. The van der Waals surface area contributed by atoms with E-state index >= 15 is 0 Å². The maximum absolute atomic E-state index is 10.1. The Morgan fingerprint density at radius 1 is 1.36 bits per heavy atom. The molecule has 0 saturated heterocycles. The molecule has 0 radical (unpaired) electrons. The number of nitrogens with two attached hydrogens (primary N) is 1. The third-order valence-corrected chi connectivity index (χ3v) is 1.93. The van der Waals surface area contributed by atoms with Crippen molar-refractivity contribution in [1.82, 2.24) is 0 Å². The molecule has 0 bridgehead atoms. The normalized spacial score (nSPS) is 10.6. The van der Waals surface area contributed by atoms with Crippen LogP contribution in [0, 0.1) is 0 Å². The number of aldehydes is 1. The van der Waals surface area contributed by atoms with Gasteiger partial charge in [0.15, 0.2) is 0 Å². The van der Waals surface area contributed by atoms with E-state index in [4.69, 9.17) is 5.73 Å². The van der Waals surface area contributed by atoms with Crippen LogP contribution in [-0.2, 0) is 11.2 Å². The summed E-state index contributed by atoms with van der Waals surface area (Å²) in [6.45, 7) is 0.668. The van der Waals surface area contributed by atoms with Crippen molar-refractivity contribution in [3.8, 4) is 0 Å². The molecule has 1 aromatic rings. The summed E-state index contributed by atoms with van der Waals surface area (Å²) in [5.41, 5.74) is 7.83. The molecule has 0 fully saturated rings. The van der Waals surface area contributed by atoms with Crippen LogP contribution in [0.2, 0.25) is 0 Å². The molecule has 2 nitrogen and oxygen atoms in total. The topological polar surface area (TPSA) is 43.1 Å². The van der Waals surface area contributed by atoms with Gasteiger partial charge in [0.25, 0.3) is 0 Å². The molecule has 1 aromatic carbocycles. The smallest absolute Gasteiger partial charge is 0.123 e. The van der Waals surface area contributed by atoms with Crippen LogP contribution in [0.5, 0.6) is 0 Å². The maximum atomic E-state index is 10.1. The van der Waals surface area contributed by atoms with Gasteiger partial charge in [-0.3, -0.25) is 0 Å². The molecule has 0 aromatic heterocycles. The number of hydrogen-bond acceptors (Lipinski definition) is 2. The van der Waals surface area contributed by atoms with E-state index < -0.39 is 0 Å². The fourth-order valence-electron chi connectivity index (χ4n) is 1.28. The minimum Gasteiger partial charge on any atom is -0.330 e. The first-order valence-electron chi connectivity index (χ1n) is 4.76. The standard InChI is InChI=1S/C12H15NO/c13-8-7-12-6-3-5-11(10-12)4-1-2-9-14/h1,3-6,9-10H,2,7-8,13H2. The second kappa shape index (κ2) is 6.11. The molecular weight excluding hydrogens is 174 g/mol. The lowest BCUT2D eigenvalue weighted by Crippen LogP contribution is -2.02. The molecular formula is C12H15NO. The van der Waals surface area contributed by atoms with Crippen LogP contribution in [0.25, 0.3) is 6.08 Å². The van der Waals surface area contributed by atoms with Gasteiger partial charge in [-0.1, -0.05) is 36.4 Å². The highest BCUT2D eigenvalue weighted by Gasteiger charge is 1.91. The van der Waals surface area contributed by atoms with Gasteiger partial charge in [-0.2, -0.15) is 0 Å². The first kappa shape index (κ1) is 10.7. The van der Waals surface area contributed by atoms with Crippen LogP contribution in [0.4, 0.5) is 0 Å². The van der Waals surface area contributed by atoms with E-state index in [2.05, 4.69) is 12.1 Å². The highest BCUT2D eigenvalue weighted by molar-refractivity contribution is 5.58. The van der Waals surface area contributed by atoms with E-state index in [1.807, 2.05) is 24.3 Å². The molecule has 0 aliphatic rings. The molecule has 14 heavy (non-hydrogen) atoms. The van der Waals surface area contributed by atoms with Crippen molar-refractivity contribution < 1.29 is 4.79 Å². The second-order valence-corrected chi connectivity index (χ2v) is 3.09. The third kappa shape index (κ3) is 3.54. The average Bonchev–Trinajstić information content (AvgIpc) is 2.19. The summed E-state index contributed by atoms with van der Waals surface area (Å²) in [5.74, 6) is 0. The predicted octanol–water partition coefficient (Wildman–Crippen LogP) is 1.79. The summed E-state index contributed by atoms with van der Waals surface area (Å²) in [6.07, 6.45) is 6.07. The van der Waals surface area contributed by atoms with Crippen molar-refractivity contribution in [2.75, 3.05) is 6.54 Å². The van der Waals surface area contributed by atoms with Gasteiger partial charge in [0.1, 0.15) is 6.29 Å². The van der Waals surface area contributed by atoms with Crippen molar-refractivity contribution in [3.05, 3.63) is 41.5 Å². The molecule has 2 N–H and O–H groups in total. The molecule has 0 amide bonds. The second-order valence-electron chi connectivity index (χ2n) is 3.09. The largest absolute Gasteiger partial charge is 0.330 e. The number of hydrogen-bond donors (Lipinski definition) is 1. The summed E-state index contributed by atoms with van der Waals surface area (Å²) in [7, 11) is 0. The molecule has 0 unspecified atom stereocenters. The monoisotopic (exact) mass is 189 g/mol. The van der Waals surface area contributed by atoms with E-state index in [-0.39, 0.29) is 0 Å². The SMILES string of the molecule is NCCc1cccc(C=CCC=O)c1. The summed E-state index contributed by atoms with van der Waals surface area (Å²) >= 11 is 0. The highest BCUT2D eigenvalue weighted by Crippen LogP contribution is 2.07. The first-order chi connectivity index (χ1) is 6.86. The maximum Gasteiger partial charge on any atom is 0.123 e. The Morgan fingerprint density at radius 2 is 2.21 bits per heavy atom. The van der Waals surface area contributed by atoms with Gasteiger partial charge in [-0.25, -0.2) is 0 Å². The number of allylic oxidation sites excluding steroid dienone is 1.